The van der Waals surface area contributed by atoms with Gasteiger partial charge in [-0.3, -0.25) is 0 Å². The summed E-state index contributed by atoms with van der Waals surface area (Å²) < 4.78 is 41.4. The molecular formula is C15H21FN2O4S. The highest BCUT2D eigenvalue weighted by Crippen LogP contribution is 2.17. The minimum Gasteiger partial charge on any atom is -0.492 e. The number of benzene rings is 1. The fourth-order valence-electron chi connectivity index (χ4n) is 2.57. The third-order valence-electron chi connectivity index (χ3n) is 3.69. The van der Waals surface area contributed by atoms with Crippen LogP contribution in [0.3, 0.4) is 0 Å². The van der Waals surface area contributed by atoms with Crippen LogP contribution in [0.4, 0.5) is 9.18 Å². The lowest BCUT2D eigenvalue weighted by molar-refractivity contribution is 0.181. The zero-order chi connectivity index (χ0) is 16.9. The van der Waals surface area contributed by atoms with Crippen molar-refractivity contribution in [2.24, 2.45) is 0 Å². The van der Waals surface area contributed by atoms with Gasteiger partial charge in [0.25, 0.3) is 0 Å². The fraction of sp³-hybridized carbons (Fsp3) is 0.533. The molecule has 0 radical (unpaired) electrons. The summed E-state index contributed by atoms with van der Waals surface area (Å²) in [6.07, 6.45) is 0.476. The Hall–Kier alpha value is -1.83. The molecule has 6 nitrogen and oxygen atoms in total. The van der Waals surface area contributed by atoms with E-state index in [1.165, 1.54) is 17.0 Å². The first-order chi connectivity index (χ1) is 10.9. The molecule has 1 atom stereocenters. The van der Waals surface area contributed by atoms with Gasteiger partial charge < -0.3 is 15.0 Å². The van der Waals surface area contributed by atoms with Gasteiger partial charge in [-0.1, -0.05) is 6.07 Å². The van der Waals surface area contributed by atoms with Crippen LogP contribution in [0.15, 0.2) is 24.3 Å². The first-order valence-corrected chi connectivity index (χ1v) is 9.36. The number of rotatable bonds is 6. The number of urea groups is 1. The maximum absolute atomic E-state index is 13.0. The Morgan fingerprint density at radius 3 is 2.87 bits per heavy atom. The van der Waals surface area contributed by atoms with E-state index in [2.05, 4.69) is 5.32 Å². The Labute approximate surface area is 135 Å². The van der Waals surface area contributed by atoms with E-state index >= 15 is 0 Å². The first kappa shape index (κ1) is 17.5. The molecule has 1 N–H and O–H groups in total. The van der Waals surface area contributed by atoms with Gasteiger partial charge in [0.2, 0.25) is 0 Å². The van der Waals surface area contributed by atoms with Crippen molar-refractivity contribution in [1.82, 2.24) is 10.2 Å². The van der Waals surface area contributed by atoms with E-state index in [0.717, 1.165) is 0 Å². The number of hydrogen-bond donors (Lipinski definition) is 1. The van der Waals surface area contributed by atoms with Crippen LogP contribution in [-0.4, -0.2) is 56.6 Å². The number of ether oxygens (including phenoxy) is 1. The van der Waals surface area contributed by atoms with Crippen molar-refractivity contribution in [2.45, 2.75) is 19.4 Å². The third kappa shape index (κ3) is 5.09. The molecule has 0 bridgehead atoms. The molecule has 1 aliphatic rings. The quantitative estimate of drug-likeness (QED) is 0.792. The van der Waals surface area contributed by atoms with Gasteiger partial charge in [-0.05, 0) is 25.5 Å². The van der Waals surface area contributed by atoms with Gasteiger partial charge in [0.15, 0.2) is 9.84 Å². The molecule has 8 heteroatoms. The zero-order valence-corrected chi connectivity index (χ0v) is 13.8. The lowest BCUT2D eigenvalue weighted by Crippen LogP contribution is -2.47. The summed E-state index contributed by atoms with van der Waals surface area (Å²) in [5.41, 5.74) is 0. The largest absolute Gasteiger partial charge is 0.492 e. The van der Waals surface area contributed by atoms with Gasteiger partial charge in [0.1, 0.15) is 18.2 Å². The SMILES string of the molecule is CCN(C(=O)NCCOc1cccc(F)c1)C1CCS(=O)(=O)C1. The summed E-state index contributed by atoms with van der Waals surface area (Å²) in [4.78, 5) is 13.7. The van der Waals surface area contributed by atoms with E-state index < -0.39 is 9.84 Å². The topological polar surface area (TPSA) is 75.7 Å². The molecule has 1 aliphatic heterocycles. The Morgan fingerprint density at radius 2 is 2.26 bits per heavy atom. The van der Waals surface area contributed by atoms with Crippen molar-refractivity contribution in [2.75, 3.05) is 31.2 Å². The summed E-state index contributed by atoms with van der Waals surface area (Å²) in [5.74, 6) is 0.165. The van der Waals surface area contributed by atoms with Gasteiger partial charge in [-0.25, -0.2) is 17.6 Å². The summed E-state index contributed by atoms with van der Waals surface area (Å²) in [5, 5.41) is 2.70. The zero-order valence-electron chi connectivity index (χ0n) is 13.0. The Kier molecular flexibility index (Phi) is 5.81. The molecule has 1 unspecified atom stereocenters. The highest BCUT2D eigenvalue weighted by molar-refractivity contribution is 7.91. The molecule has 1 aromatic carbocycles. The van der Waals surface area contributed by atoms with E-state index in [1.54, 1.807) is 12.1 Å². The molecule has 0 aromatic heterocycles. The number of carbonyl (C=O) groups excluding carboxylic acids is 1. The lowest BCUT2D eigenvalue weighted by Gasteiger charge is -2.27. The van der Waals surface area contributed by atoms with Crippen LogP contribution in [-0.2, 0) is 9.84 Å². The van der Waals surface area contributed by atoms with E-state index in [9.17, 15) is 17.6 Å². The van der Waals surface area contributed by atoms with Gasteiger partial charge in [-0.2, -0.15) is 0 Å². The van der Waals surface area contributed by atoms with Crippen molar-refractivity contribution in [3.63, 3.8) is 0 Å². The average molecular weight is 344 g/mol. The summed E-state index contributed by atoms with van der Waals surface area (Å²) in [6.45, 7) is 2.71. The molecule has 0 saturated carbocycles. The maximum Gasteiger partial charge on any atom is 0.317 e. The molecule has 1 heterocycles. The number of sulfone groups is 1. The Bertz CT molecular complexity index is 651. The Balaban J connectivity index is 1.77. The van der Waals surface area contributed by atoms with Crippen LogP contribution < -0.4 is 10.1 Å². The average Bonchev–Trinajstić information content (AvgIpc) is 2.84. The molecule has 23 heavy (non-hydrogen) atoms. The predicted octanol–water partition coefficient (Wildman–Crippen LogP) is 1.42. The van der Waals surface area contributed by atoms with Gasteiger partial charge in [-0.15, -0.1) is 0 Å². The van der Waals surface area contributed by atoms with Crippen molar-refractivity contribution < 1.29 is 22.3 Å². The second kappa shape index (κ2) is 7.63. The highest BCUT2D eigenvalue weighted by Gasteiger charge is 2.33. The number of nitrogens with one attached hydrogen (secondary N) is 1. The van der Waals surface area contributed by atoms with Crippen LogP contribution in [0.25, 0.3) is 0 Å². The van der Waals surface area contributed by atoms with Crippen LogP contribution in [0.2, 0.25) is 0 Å². The molecule has 0 spiro atoms. The molecule has 1 fully saturated rings. The van der Waals surface area contributed by atoms with E-state index in [0.29, 0.717) is 18.7 Å². The molecule has 1 aromatic rings. The number of carbonyl (C=O) groups is 1. The fourth-order valence-corrected chi connectivity index (χ4v) is 4.30. The monoisotopic (exact) mass is 344 g/mol. The highest BCUT2D eigenvalue weighted by atomic mass is 32.2. The Morgan fingerprint density at radius 1 is 1.48 bits per heavy atom. The molecule has 0 aliphatic carbocycles. The number of hydrogen-bond acceptors (Lipinski definition) is 4. The minimum atomic E-state index is -3.03. The molecular weight excluding hydrogens is 323 g/mol. The maximum atomic E-state index is 13.0. The van der Waals surface area contributed by atoms with Crippen molar-refractivity contribution in [1.29, 1.82) is 0 Å². The minimum absolute atomic E-state index is 0.0219. The first-order valence-electron chi connectivity index (χ1n) is 7.54. The van der Waals surface area contributed by atoms with E-state index in [1.807, 2.05) is 6.92 Å². The van der Waals surface area contributed by atoms with Crippen LogP contribution in [0.1, 0.15) is 13.3 Å². The molecule has 1 saturated heterocycles. The molecule has 2 amide bonds. The van der Waals surface area contributed by atoms with Gasteiger partial charge in [0.05, 0.1) is 18.1 Å². The van der Waals surface area contributed by atoms with Crippen LogP contribution in [0, 0.1) is 5.82 Å². The van der Waals surface area contributed by atoms with Crippen molar-refractivity contribution in [3.05, 3.63) is 30.1 Å². The smallest absolute Gasteiger partial charge is 0.317 e. The molecule has 128 valence electrons. The predicted molar refractivity (Wildman–Crippen MR) is 84.7 cm³/mol. The molecule has 2 rings (SSSR count). The summed E-state index contributed by atoms with van der Waals surface area (Å²) in [7, 11) is -3.03. The normalized spacial score (nSPS) is 19.3. The van der Waals surface area contributed by atoms with Crippen LogP contribution >= 0.6 is 0 Å². The second-order valence-electron chi connectivity index (χ2n) is 5.38. The number of amides is 2. The number of halogens is 1. The summed E-state index contributed by atoms with van der Waals surface area (Å²) in [6, 6.07) is 5.19. The summed E-state index contributed by atoms with van der Waals surface area (Å²) >= 11 is 0. The van der Waals surface area contributed by atoms with Gasteiger partial charge >= 0.3 is 6.03 Å². The van der Waals surface area contributed by atoms with E-state index in [-0.39, 0.29) is 42.5 Å². The van der Waals surface area contributed by atoms with Crippen molar-refractivity contribution >= 4 is 15.9 Å². The van der Waals surface area contributed by atoms with Gasteiger partial charge in [0, 0.05) is 18.7 Å². The van der Waals surface area contributed by atoms with E-state index in [4.69, 9.17) is 4.74 Å². The van der Waals surface area contributed by atoms with Crippen LogP contribution in [0.5, 0.6) is 5.75 Å². The standard InChI is InChI=1S/C15H21FN2O4S/c1-2-18(13-6-9-23(20,21)11-13)15(19)17-7-8-22-14-5-3-4-12(16)10-14/h3-5,10,13H,2,6-9,11H2,1H3,(H,17,19). The lowest BCUT2D eigenvalue weighted by atomic mass is 10.2. The second-order valence-corrected chi connectivity index (χ2v) is 7.61. The number of nitrogens with zero attached hydrogens (tertiary/aromatic N) is 1. The van der Waals surface area contributed by atoms with Crippen molar-refractivity contribution in [3.8, 4) is 5.75 Å². The third-order valence-corrected chi connectivity index (χ3v) is 5.44.